The van der Waals surface area contributed by atoms with Gasteiger partial charge in [-0.25, -0.2) is 9.78 Å². The van der Waals surface area contributed by atoms with Crippen LogP contribution in [-0.2, 0) is 11.3 Å². The summed E-state index contributed by atoms with van der Waals surface area (Å²) in [4.78, 5) is 30.0. The summed E-state index contributed by atoms with van der Waals surface area (Å²) >= 11 is 0. The number of ether oxygens (including phenoxy) is 3. The summed E-state index contributed by atoms with van der Waals surface area (Å²) in [6.07, 6.45) is -3.85. The van der Waals surface area contributed by atoms with Crippen molar-refractivity contribution in [3.63, 3.8) is 0 Å². The number of piperidine rings is 1. The van der Waals surface area contributed by atoms with Crippen molar-refractivity contribution in [2.24, 2.45) is 0 Å². The second-order valence-corrected chi connectivity index (χ2v) is 9.36. The van der Waals surface area contributed by atoms with E-state index in [2.05, 4.69) is 9.72 Å². The molecule has 7 nitrogen and oxygen atoms in total. The number of halogens is 3. The lowest BCUT2D eigenvalue weighted by atomic mass is 9.93. The maximum absolute atomic E-state index is 12.8. The van der Waals surface area contributed by atoms with Gasteiger partial charge in [-0.15, -0.1) is 13.2 Å². The largest absolute Gasteiger partial charge is 0.573 e. The Labute approximate surface area is 202 Å². The number of aromatic nitrogens is 1. The topological polar surface area (TPSA) is 78.0 Å². The Hall–Kier alpha value is -3.30. The third-order valence-corrected chi connectivity index (χ3v) is 5.38. The Kier molecular flexibility index (Phi) is 7.92. The Morgan fingerprint density at radius 3 is 2.37 bits per heavy atom. The van der Waals surface area contributed by atoms with Gasteiger partial charge < -0.3 is 19.1 Å². The fourth-order valence-corrected chi connectivity index (χ4v) is 3.69. The number of hydrogen-bond donors (Lipinski definition) is 0. The van der Waals surface area contributed by atoms with Crippen LogP contribution in [0.5, 0.6) is 11.6 Å². The summed E-state index contributed by atoms with van der Waals surface area (Å²) in [7, 11) is 0. The van der Waals surface area contributed by atoms with Gasteiger partial charge in [0.2, 0.25) is 5.88 Å². The van der Waals surface area contributed by atoms with Crippen LogP contribution in [-0.4, -0.2) is 46.8 Å². The normalized spacial score (nSPS) is 15.0. The molecule has 1 aromatic carbocycles. The number of carbonyl (C=O) groups excluding carboxylic acids is 2. The third kappa shape index (κ3) is 7.87. The molecule has 0 N–H and O–H groups in total. The Morgan fingerprint density at radius 2 is 1.77 bits per heavy atom. The quantitative estimate of drug-likeness (QED) is 0.467. The highest BCUT2D eigenvalue weighted by molar-refractivity contribution is 5.94. The van der Waals surface area contributed by atoms with Crippen LogP contribution in [0.25, 0.3) is 0 Å². The molecule has 2 aromatic rings. The van der Waals surface area contributed by atoms with E-state index in [0.29, 0.717) is 25.9 Å². The molecule has 2 heterocycles. The standard InChI is InChI=1S/C25H29F3N2O5/c1-16(31)18-8-9-19(21(14-18)34-25(26,27)28)15-33-22-7-5-6-20(29-22)17-10-12-30(13-11-17)23(32)35-24(2,3)4/h5-9,14,17H,10-13,15H2,1-4H3. The second kappa shape index (κ2) is 10.5. The van der Waals surface area contributed by atoms with E-state index in [-0.39, 0.29) is 41.4 Å². The first-order valence-electron chi connectivity index (χ1n) is 11.3. The summed E-state index contributed by atoms with van der Waals surface area (Å²) in [6.45, 7) is 7.57. The van der Waals surface area contributed by atoms with Crippen molar-refractivity contribution in [1.82, 2.24) is 9.88 Å². The van der Waals surface area contributed by atoms with Gasteiger partial charge in [0.1, 0.15) is 18.0 Å². The molecule has 1 aromatic heterocycles. The van der Waals surface area contributed by atoms with E-state index in [4.69, 9.17) is 9.47 Å². The van der Waals surface area contributed by atoms with Crippen LogP contribution >= 0.6 is 0 Å². The summed E-state index contributed by atoms with van der Waals surface area (Å²) in [5, 5.41) is 0. The van der Waals surface area contributed by atoms with Gasteiger partial charge in [-0.1, -0.05) is 18.2 Å². The van der Waals surface area contributed by atoms with Crippen LogP contribution in [0.15, 0.2) is 36.4 Å². The van der Waals surface area contributed by atoms with Crippen LogP contribution in [0.1, 0.15) is 68.1 Å². The number of amides is 1. The van der Waals surface area contributed by atoms with Gasteiger partial charge in [-0.3, -0.25) is 4.79 Å². The minimum absolute atomic E-state index is 0.103. The van der Waals surface area contributed by atoms with E-state index >= 15 is 0 Å². The maximum Gasteiger partial charge on any atom is 0.573 e. The van der Waals surface area contributed by atoms with Gasteiger partial charge in [0.05, 0.1) is 0 Å². The van der Waals surface area contributed by atoms with Crippen molar-refractivity contribution in [2.45, 2.75) is 65.0 Å². The lowest BCUT2D eigenvalue weighted by Crippen LogP contribution is -2.41. The van der Waals surface area contributed by atoms with Gasteiger partial charge in [0.25, 0.3) is 0 Å². The first kappa shape index (κ1) is 26.3. The predicted octanol–water partition coefficient (Wildman–Crippen LogP) is 5.88. The second-order valence-electron chi connectivity index (χ2n) is 9.36. The number of carbonyl (C=O) groups is 2. The molecule has 35 heavy (non-hydrogen) atoms. The molecule has 0 unspecified atom stereocenters. The zero-order valence-corrected chi connectivity index (χ0v) is 20.1. The Bertz CT molecular complexity index is 1060. The van der Waals surface area contributed by atoms with Gasteiger partial charge >= 0.3 is 12.5 Å². The zero-order chi connectivity index (χ0) is 25.8. The van der Waals surface area contributed by atoms with Crippen LogP contribution in [0.3, 0.4) is 0 Å². The van der Waals surface area contributed by atoms with E-state index in [1.807, 2.05) is 26.8 Å². The van der Waals surface area contributed by atoms with Crippen LogP contribution in [0.4, 0.5) is 18.0 Å². The predicted molar refractivity (Wildman–Crippen MR) is 121 cm³/mol. The van der Waals surface area contributed by atoms with Gasteiger partial charge in [0, 0.05) is 41.9 Å². The number of benzene rings is 1. The van der Waals surface area contributed by atoms with E-state index in [9.17, 15) is 22.8 Å². The first-order valence-corrected chi connectivity index (χ1v) is 11.3. The molecule has 0 radical (unpaired) electrons. The summed E-state index contributed by atoms with van der Waals surface area (Å²) in [5.41, 5.74) is 0.458. The van der Waals surface area contributed by atoms with Crippen molar-refractivity contribution in [1.29, 1.82) is 0 Å². The van der Waals surface area contributed by atoms with Crippen LogP contribution < -0.4 is 9.47 Å². The molecule has 1 saturated heterocycles. The van der Waals surface area contributed by atoms with Crippen LogP contribution in [0.2, 0.25) is 0 Å². The van der Waals surface area contributed by atoms with Crippen LogP contribution in [0, 0.1) is 0 Å². The molecule has 3 rings (SSSR count). The molecule has 0 aliphatic carbocycles. The fraction of sp³-hybridized carbons (Fsp3) is 0.480. The van der Waals surface area contributed by atoms with Crippen molar-refractivity contribution in [3.8, 4) is 11.6 Å². The lowest BCUT2D eigenvalue weighted by Gasteiger charge is -2.33. The average molecular weight is 495 g/mol. The van der Waals surface area contributed by atoms with Gasteiger partial charge in [-0.05, 0) is 52.7 Å². The lowest BCUT2D eigenvalue weighted by molar-refractivity contribution is -0.275. The minimum Gasteiger partial charge on any atom is -0.473 e. The number of hydrogen-bond acceptors (Lipinski definition) is 6. The molecule has 1 amide bonds. The monoisotopic (exact) mass is 494 g/mol. The number of likely N-dealkylation sites (tertiary alicyclic amines) is 1. The summed E-state index contributed by atoms with van der Waals surface area (Å²) in [6, 6.07) is 9.09. The molecular formula is C25H29F3N2O5. The molecule has 190 valence electrons. The molecule has 0 saturated carbocycles. The van der Waals surface area contributed by atoms with E-state index in [0.717, 1.165) is 11.8 Å². The third-order valence-electron chi connectivity index (χ3n) is 5.38. The first-order chi connectivity index (χ1) is 16.3. The van der Waals surface area contributed by atoms with Crippen molar-refractivity contribution in [3.05, 3.63) is 53.2 Å². The number of rotatable bonds is 6. The SMILES string of the molecule is CC(=O)c1ccc(COc2cccc(C3CCN(C(=O)OC(C)(C)C)CC3)n2)c(OC(F)(F)F)c1. The Balaban J connectivity index is 1.65. The fourth-order valence-electron chi connectivity index (χ4n) is 3.69. The molecule has 1 fully saturated rings. The van der Waals surface area contributed by atoms with Crippen molar-refractivity contribution >= 4 is 11.9 Å². The number of ketones is 1. The van der Waals surface area contributed by atoms with Gasteiger partial charge in [-0.2, -0.15) is 0 Å². The van der Waals surface area contributed by atoms with E-state index < -0.39 is 17.7 Å². The number of pyridine rings is 1. The highest BCUT2D eigenvalue weighted by atomic mass is 19.4. The van der Waals surface area contributed by atoms with E-state index in [1.54, 1.807) is 17.0 Å². The average Bonchev–Trinajstić information content (AvgIpc) is 2.76. The Morgan fingerprint density at radius 1 is 1.09 bits per heavy atom. The minimum atomic E-state index is -4.91. The smallest absolute Gasteiger partial charge is 0.473 e. The van der Waals surface area contributed by atoms with Crippen molar-refractivity contribution < 1.29 is 37.0 Å². The zero-order valence-electron chi connectivity index (χ0n) is 20.1. The number of nitrogens with zero attached hydrogens (tertiary/aromatic N) is 2. The molecule has 0 bridgehead atoms. The summed E-state index contributed by atoms with van der Waals surface area (Å²) in [5.74, 6) is -0.505. The maximum atomic E-state index is 12.8. The molecule has 10 heteroatoms. The van der Waals surface area contributed by atoms with E-state index in [1.165, 1.54) is 19.1 Å². The molecular weight excluding hydrogens is 465 g/mol. The number of Topliss-reactive ketones (excluding diaryl/α,β-unsaturated/α-hetero) is 1. The van der Waals surface area contributed by atoms with Gasteiger partial charge in [0.15, 0.2) is 5.78 Å². The summed E-state index contributed by atoms with van der Waals surface area (Å²) < 4.78 is 53.7. The molecule has 0 spiro atoms. The molecule has 1 aliphatic rings. The molecule has 1 aliphatic heterocycles. The highest BCUT2D eigenvalue weighted by Crippen LogP contribution is 2.31. The highest BCUT2D eigenvalue weighted by Gasteiger charge is 2.32. The van der Waals surface area contributed by atoms with Crippen molar-refractivity contribution in [2.75, 3.05) is 13.1 Å². The number of alkyl halides is 3. The molecule has 0 atom stereocenters.